The molecule has 0 spiro atoms. The van der Waals surface area contributed by atoms with Crippen LogP contribution in [0.15, 0.2) is 24.3 Å². The fraction of sp³-hybridized carbons (Fsp3) is 0.533. The van der Waals surface area contributed by atoms with Crippen LogP contribution in [0.3, 0.4) is 0 Å². The maximum atomic E-state index is 12.3. The Balaban J connectivity index is 2.34. The SMILES string of the molecule is CCOC(=O)C(C)(NC1CC1)c1ccccc1C. The van der Waals surface area contributed by atoms with Gasteiger partial charge in [0.1, 0.15) is 5.54 Å². The van der Waals surface area contributed by atoms with Gasteiger partial charge in [-0.2, -0.15) is 0 Å². The average Bonchev–Trinajstić information content (AvgIpc) is 3.13. The molecule has 0 heterocycles. The van der Waals surface area contributed by atoms with Crippen LogP contribution < -0.4 is 5.32 Å². The van der Waals surface area contributed by atoms with Gasteiger partial charge in [0.2, 0.25) is 0 Å². The molecule has 3 nitrogen and oxygen atoms in total. The molecule has 1 aliphatic rings. The van der Waals surface area contributed by atoms with Gasteiger partial charge in [-0.3, -0.25) is 5.32 Å². The fourth-order valence-corrected chi connectivity index (χ4v) is 2.29. The van der Waals surface area contributed by atoms with E-state index in [0.29, 0.717) is 12.6 Å². The molecule has 1 fully saturated rings. The molecule has 1 aliphatic carbocycles. The predicted octanol–water partition coefficient (Wildman–Crippen LogP) is 2.53. The number of hydrogen-bond donors (Lipinski definition) is 1. The summed E-state index contributed by atoms with van der Waals surface area (Å²) in [5, 5.41) is 3.43. The second-order valence-electron chi connectivity index (χ2n) is 5.08. The Kier molecular flexibility index (Phi) is 3.71. The van der Waals surface area contributed by atoms with Gasteiger partial charge in [-0.25, -0.2) is 4.79 Å². The Morgan fingerprint density at radius 3 is 2.67 bits per heavy atom. The third-order valence-corrected chi connectivity index (χ3v) is 3.44. The molecule has 2 rings (SSSR count). The number of nitrogens with one attached hydrogen (secondary N) is 1. The van der Waals surface area contributed by atoms with Crippen LogP contribution in [-0.2, 0) is 15.1 Å². The quantitative estimate of drug-likeness (QED) is 0.813. The summed E-state index contributed by atoms with van der Waals surface area (Å²) in [5.74, 6) is -0.189. The van der Waals surface area contributed by atoms with Crippen molar-refractivity contribution in [3.8, 4) is 0 Å². The minimum absolute atomic E-state index is 0.189. The van der Waals surface area contributed by atoms with Gasteiger partial charge in [-0.15, -0.1) is 0 Å². The average molecular weight is 247 g/mol. The first-order valence-electron chi connectivity index (χ1n) is 6.59. The van der Waals surface area contributed by atoms with Crippen LogP contribution in [-0.4, -0.2) is 18.6 Å². The maximum Gasteiger partial charge on any atom is 0.330 e. The maximum absolute atomic E-state index is 12.3. The number of aryl methyl sites for hydroxylation is 1. The van der Waals surface area contributed by atoms with Crippen LogP contribution in [0.25, 0.3) is 0 Å². The molecule has 0 radical (unpaired) electrons. The van der Waals surface area contributed by atoms with E-state index in [1.807, 2.05) is 45.0 Å². The third-order valence-electron chi connectivity index (χ3n) is 3.44. The van der Waals surface area contributed by atoms with E-state index in [2.05, 4.69) is 5.32 Å². The summed E-state index contributed by atoms with van der Waals surface area (Å²) < 4.78 is 5.24. The molecule has 0 aliphatic heterocycles. The van der Waals surface area contributed by atoms with E-state index < -0.39 is 5.54 Å². The van der Waals surface area contributed by atoms with Gasteiger partial charge in [-0.1, -0.05) is 24.3 Å². The Morgan fingerprint density at radius 2 is 2.11 bits per heavy atom. The van der Waals surface area contributed by atoms with Gasteiger partial charge in [0.05, 0.1) is 6.61 Å². The summed E-state index contributed by atoms with van der Waals surface area (Å²) in [4.78, 5) is 12.3. The van der Waals surface area contributed by atoms with E-state index in [4.69, 9.17) is 4.74 Å². The molecule has 1 aromatic carbocycles. The minimum atomic E-state index is -0.734. The Bertz CT molecular complexity index is 440. The predicted molar refractivity (Wildman–Crippen MR) is 71.3 cm³/mol. The lowest BCUT2D eigenvalue weighted by Crippen LogP contribution is -2.49. The Labute approximate surface area is 109 Å². The second-order valence-corrected chi connectivity index (χ2v) is 5.08. The van der Waals surface area contributed by atoms with Gasteiger partial charge in [0, 0.05) is 6.04 Å². The number of carbonyl (C=O) groups excluding carboxylic acids is 1. The number of ether oxygens (including phenoxy) is 1. The zero-order valence-electron chi connectivity index (χ0n) is 11.3. The third kappa shape index (κ3) is 2.56. The first kappa shape index (κ1) is 13.1. The first-order chi connectivity index (χ1) is 8.58. The van der Waals surface area contributed by atoms with Crippen molar-refractivity contribution in [3.05, 3.63) is 35.4 Å². The standard InChI is InChI=1S/C15H21NO2/c1-4-18-14(17)15(3,16-12-9-10-12)13-8-6-5-7-11(13)2/h5-8,12,16H,4,9-10H2,1-3H3. The summed E-state index contributed by atoms with van der Waals surface area (Å²) in [7, 11) is 0. The summed E-state index contributed by atoms with van der Waals surface area (Å²) >= 11 is 0. The van der Waals surface area contributed by atoms with Crippen LogP contribution in [0.4, 0.5) is 0 Å². The highest BCUT2D eigenvalue weighted by Crippen LogP contribution is 2.31. The monoisotopic (exact) mass is 247 g/mol. The number of benzene rings is 1. The van der Waals surface area contributed by atoms with Crippen molar-refractivity contribution in [2.75, 3.05) is 6.61 Å². The second kappa shape index (κ2) is 5.11. The number of hydrogen-bond acceptors (Lipinski definition) is 3. The molecular formula is C15H21NO2. The normalized spacial score (nSPS) is 18.2. The summed E-state index contributed by atoms with van der Waals surface area (Å²) in [6.07, 6.45) is 2.28. The molecule has 0 bridgehead atoms. The van der Waals surface area contributed by atoms with Gasteiger partial charge in [0.25, 0.3) is 0 Å². The van der Waals surface area contributed by atoms with E-state index >= 15 is 0 Å². The summed E-state index contributed by atoms with van der Waals surface area (Å²) in [5.41, 5.74) is 1.39. The number of rotatable bonds is 5. The highest BCUT2D eigenvalue weighted by atomic mass is 16.5. The van der Waals surface area contributed by atoms with Crippen LogP contribution in [0.5, 0.6) is 0 Å². The molecule has 1 aromatic rings. The molecule has 0 saturated heterocycles. The van der Waals surface area contributed by atoms with Crippen molar-refractivity contribution in [1.29, 1.82) is 0 Å². The van der Waals surface area contributed by atoms with Gasteiger partial charge in [0.15, 0.2) is 0 Å². The zero-order chi connectivity index (χ0) is 13.2. The van der Waals surface area contributed by atoms with E-state index in [1.165, 1.54) is 0 Å². The molecular weight excluding hydrogens is 226 g/mol. The fourth-order valence-electron chi connectivity index (χ4n) is 2.29. The molecule has 18 heavy (non-hydrogen) atoms. The van der Waals surface area contributed by atoms with Crippen LogP contribution >= 0.6 is 0 Å². The molecule has 1 unspecified atom stereocenters. The minimum Gasteiger partial charge on any atom is -0.464 e. The molecule has 1 atom stereocenters. The Morgan fingerprint density at radius 1 is 1.44 bits per heavy atom. The lowest BCUT2D eigenvalue weighted by molar-refractivity contribution is -0.151. The van der Waals surface area contributed by atoms with Crippen molar-refractivity contribution >= 4 is 5.97 Å². The Hall–Kier alpha value is -1.35. The van der Waals surface area contributed by atoms with Gasteiger partial charge >= 0.3 is 5.97 Å². The lowest BCUT2D eigenvalue weighted by atomic mass is 9.88. The van der Waals surface area contributed by atoms with Gasteiger partial charge < -0.3 is 4.74 Å². The highest BCUT2D eigenvalue weighted by Gasteiger charge is 2.41. The van der Waals surface area contributed by atoms with Crippen molar-refractivity contribution in [2.45, 2.75) is 45.2 Å². The van der Waals surface area contributed by atoms with E-state index in [1.54, 1.807) is 0 Å². The highest BCUT2D eigenvalue weighted by molar-refractivity contribution is 5.82. The molecule has 1 saturated carbocycles. The van der Waals surface area contributed by atoms with Crippen LogP contribution in [0.1, 0.15) is 37.8 Å². The summed E-state index contributed by atoms with van der Waals surface area (Å²) in [6, 6.07) is 8.43. The van der Waals surface area contributed by atoms with E-state index in [0.717, 1.165) is 24.0 Å². The number of carbonyl (C=O) groups is 1. The summed E-state index contributed by atoms with van der Waals surface area (Å²) in [6.45, 7) is 6.20. The van der Waals surface area contributed by atoms with Crippen molar-refractivity contribution < 1.29 is 9.53 Å². The lowest BCUT2D eigenvalue weighted by Gasteiger charge is -2.30. The van der Waals surface area contributed by atoms with Crippen molar-refractivity contribution in [2.24, 2.45) is 0 Å². The van der Waals surface area contributed by atoms with Crippen molar-refractivity contribution in [3.63, 3.8) is 0 Å². The number of esters is 1. The topological polar surface area (TPSA) is 38.3 Å². The van der Waals surface area contributed by atoms with Gasteiger partial charge in [-0.05, 0) is 44.7 Å². The largest absolute Gasteiger partial charge is 0.464 e. The molecule has 1 N–H and O–H groups in total. The van der Waals surface area contributed by atoms with Crippen LogP contribution in [0, 0.1) is 6.92 Å². The first-order valence-corrected chi connectivity index (χ1v) is 6.59. The van der Waals surface area contributed by atoms with E-state index in [-0.39, 0.29) is 5.97 Å². The zero-order valence-corrected chi connectivity index (χ0v) is 11.3. The molecule has 98 valence electrons. The molecule has 0 aromatic heterocycles. The van der Waals surface area contributed by atoms with Crippen LogP contribution in [0.2, 0.25) is 0 Å². The van der Waals surface area contributed by atoms with E-state index in [9.17, 15) is 4.79 Å². The molecule has 0 amide bonds. The smallest absolute Gasteiger partial charge is 0.330 e. The van der Waals surface area contributed by atoms with Crippen molar-refractivity contribution in [1.82, 2.24) is 5.32 Å². The molecule has 3 heteroatoms.